The number of imide groups is 1. The average molecular weight is 903 g/mol. The summed E-state index contributed by atoms with van der Waals surface area (Å²) in [5, 5.41) is 0. The smallest absolute Gasteiger partial charge is 0.266 e. The molecule has 0 aromatic heterocycles. The van der Waals surface area contributed by atoms with Crippen molar-refractivity contribution in [1.82, 2.24) is 0 Å². The van der Waals surface area contributed by atoms with Gasteiger partial charge in [0, 0.05) is 36.3 Å². The van der Waals surface area contributed by atoms with Gasteiger partial charge in [-0.2, -0.15) is 0 Å². The van der Waals surface area contributed by atoms with E-state index in [4.69, 9.17) is 4.74 Å². The second-order valence-electron chi connectivity index (χ2n) is 19.4. The van der Waals surface area contributed by atoms with Gasteiger partial charge in [0.2, 0.25) is 0 Å². The van der Waals surface area contributed by atoms with E-state index in [1.165, 1.54) is 32.7 Å². The SMILES string of the molecule is Cc1cc(C2(c3ccc(N4C(=O)c5ccc(Oc6ccc(C(C)(C)c7ccc(Cc8ccc9c(c8)C(=O)CC9=O)cc7)cc6)cc5C4=O)c(C)c3)c3ccccc3-c3ccccc32)ccc1N(C)C. The molecule has 8 aromatic carbocycles. The van der Waals surface area contributed by atoms with Crippen LogP contribution in [0.5, 0.6) is 11.5 Å². The first-order valence-corrected chi connectivity index (χ1v) is 23.4. The number of benzene rings is 8. The van der Waals surface area contributed by atoms with E-state index in [0.29, 0.717) is 45.9 Å². The Balaban J connectivity index is 0.832. The Kier molecular flexibility index (Phi) is 10.2. The molecule has 11 rings (SSSR count). The fourth-order valence-corrected chi connectivity index (χ4v) is 11.1. The Morgan fingerprint density at radius 2 is 1.07 bits per heavy atom. The van der Waals surface area contributed by atoms with Crippen LogP contribution >= 0.6 is 0 Å². The molecule has 1 aliphatic heterocycles. The normalized spacial score (nSPS) is 14.4. The lowest BCUT2D eigenvalue weighted by Crippen LogP contribution is -2.31. The number of amides is 2. The molecular weight excluding hydrogens is 853 g/mol. The van der Waals surface area contributed by atoms with E-state index in [2.05, 4.69) is 155 Å². The second kappa shape index (κ2) is 16.3. The summed E-state index contributed by atoms with van der Waals surface area (Å²) in [7, 11) is 4.13. The van der Waals surface area contributed by atoms with Crippen LogP contribution < -0.4 is 14.5 Å². The van der Waals surface area contributed by atoms with Gasteiger partial charge < -0.3 is 9.64 Å². The number of hydrogen-bond donors (Lipinski definition) is 0. The van der Waals surface area contributed by atoms with Gasteiger partial charge in [-0.3, -0.25) is 19.2 Å². The number of nitrogens with zero attached hydrogens (tertiary/aromatic N) is 2. The number of aryl methyl sites for hydroxylation is 2. The first-order valence-electron chi connectivity index (χ1n) is 23.4. The predicted octanol–water partition coefficient (Wildman–Crippen LogP) is 13.0. The maximum Gasteiger partial charge on any atom is 0.266 e. The molecule has 0 atom stereocenters. The molecule has 0 unspecified atom stereocenters. The van der Waals surface area contributed by atoms with E-state index in [1.54, 1.807) is 24.3 Å². The highest BCUT2D eigenvalue weighted by atomic mass is 16.5. The van der Waals surface area contributed by atoms with Crippen molar-refractivity contribution in [2.75, 3.05) is 23.9 Å². The van der Waals surface area contributed by atoms with Crippen LogP contribution in [0.25, 0.3) is 11.1 Å². The molecule has 338 valence electrons. The number of rotatable bonds is 10. The van der Waals surface area contributed by atoms with Crippen LogP contribution in [0.1, 0.15) is 117 Å². The van der Waals surface area contributed by atoms with E-state index >= 15 is 0 Å². The van der Waals surface area contributed by atoms with Crippen LogP contribution in [0.15, 0.2) is 170 Å². The number of anilines is 2. The molecule has 7 nitrogen and oxygen atoms in total. The predicted molar refractivity (Wildman–Crippen MR) is 273 cm³/mol. The maximum absolute atomic E-state index is 14.3. The summed E-state index contributed by atoms with van der Waals surface area (Å²) in [5.74, 6) is 0.108. The average Bonchev–Trinajstić information content (AvgIpc) is 3.91. The molecule has 0 N–H and O–H groups in total. The Morgan fingerprint density at radius 3 is 1.71 bits per heavy atom. The van der Waals surface area contributed by atoms with E-state index in [0.717, 1.165) is 44.6 Å². The fourth-order valence-electron chi connectivity index (χ4n) is 11.1. The monoisotopic (exact) mass is 902 g/mol. The molecule has 3 aliphatic rings. The topological polar surface area (TPSA) is 84.0 Å². The number of carbonyl (C=O) groups excluding carboxylic acids is 4. The van der Waals surface area contributed by atoms with E-state index < -0.39 is 5.41 Å². The van der Waals surface area contributed by atoms with Gasteiger partial charge in [0.15, 0.2) is 11.6 Å². The van der Waals surface area contributed by atoms with Gasteiger partial charge in [-0.15, -0.1) is 0 Å². The van der Waals surface area contributed by atoms with Crippen molar-refractivity contribution < 1.29 is 23.9 Å². The maximum atomic E-state index is 14.3. The second-order valence-corrected chi connectivity index (χ2v) is 19.4. The van der Waals surface area contributed by atoms with Crippen LogP contribution in [0.4, 0.5) is 11.4 Å². The summed E-state index contributed by atoms with van der Waals surface area (Å²) in [6, 6.07) is 57.3. The van der Waals surface area contributed by atoms with Crippen LogP contribution in [0, 0.1) is 13.8 Å². The van der Waals surface area contributed by atoms with Gasteiger partial charge in [-0.1, -0.05) is 135 Å². The lowest BCUT2D eigenvalue weighted by molar-refractivity contribution is 0.0908. The first-order chi connectivity index (χ1) is 33.2. The summed E-state index contributed by atoms with van der Waals surface area (Å²) in [6.07, 6.45) is 0.625. The van der Waals surface area contributed by atoms with Crippen molar-refractivity contribution in [3.8, 4) is 22.6 Å². The van der Waals surface area contributed by atoms with Crippen LogP contribution in [-0.2, 0) is 17.3 Å². The number of ether oxygens (including phenoxy) is 1. The van der Waals surface area contributed by atoms with Crippen molar-refractivity contribution in [3.05, 3.63) is 248 Å². The van der Waals surface area contributed by atoms with E-state index in [9.17, 15) is 19.2 Å². The van der Waals surface area contributed by atoms with Crippen LogP contribution in [0.2, 0.25) is 0 Å². The number of carbonyl (C=O) groups is 4. The van der Waals surface area contributed by atoms with Crippen molar-refractivity contribution in [3.63, 3.8) is 0 Å². The zero-order valence-electron chi connectivity index (χ0n) is 39.5. The Labute approximate surface area is 402 Å². The Morgan fingerprint density at radius 1 is 0.522 bits per heavy atom. The Bertz CT molecular complexity index is 3430. The summed E-state index contributed by atoms with van der Waals surface area (Å²) >= 11 is 0. The largest absolute Gasteiger partial charge is 0.457 e. The van der Waals surface area contributed by atoms with Crippen molar-refractivity contribution in [1.29, 1.82) is 0 Å². The molecule has 0 bridgehead atoms. The lowest BCUT2D eigenvalue weighted by atomic mass is 9.67. The minimum absolute atomic E-state index is 0.0364. The molecule has 2 aliphatic carbocycles. The molecule has 1 heterocycles. The molecule has 2 amide bonds. The zero-order chi connectivity index (χ0) is 47.9. The Hall–Kier alpha value is -8.16. The van der Waals surface area contributed by atoms with Crippen molar-refractivity contribution >= 4 is 34.8 Å². The van der Waals surface area contributed by atoms with Crippen molar-refractivity contribution in [2.45, 2.75) is 51.4 Å². The third-order valence-electron chi connectivity index (χ3n) is 14.7. The third kappa shape index (κ3) is 6.94. The zero-order valence-corrected chi connectivity index (χ0v) is 39.5. The highest BCUT2D eigenvalue weighted by molar-refractivity contribution is 6.34. The minimum atomic E-state index is -0.639. The first kappa shape index (κ1) is 43.4. The minimum Gasteiger partial charge on any atom is -0.457 e. The van der Waals surface area contributed by atoms with Crippen LogP contribution in [0.3, 0.4) is 0 Å². The van der Waals surface area contributed by atoms with Gasteiger partial charge in [-0.25, -0.2) is 4.90 Å². The molecule has 0 fully saturated rings. The molecule has 0 saturated carbocycles. The summed E-state index contributed by atoms with van der Waals surface area (Å²) < 4.78 is 6.33. The van der Waals surface area contributed by atoms with Gasteiger partial charge in [0.25, 0.3) is 11.8 Å². The van der Waals surface area contributed by atoms with Gasteiger partial charge in [0.05, 0.1) is 28.7 Å². The number of ketones is 2. The van der Waals surface area contributed by atoms with E-state index in [1.807, 2.05) is 37.3 Å². The summed E-state index contributed by atoms with van der Waals surface area (Å²) in [6.45, 7) is 8.50. The highest BCUT2D eigenvalue weighted by Gasteiger charge is 2.47. The molecule has 0 radical (unpaired) electrons. The number of Topliss-reactive ketones (excluding diaryl/α,β-unsaturated/α-hetero) is 2. The van der Waals surface area contributed by atoms with Gasteiger partial charge >= 0.3 is 0 Å². The van der Waals surface area contributed by atoms with Gasteiger partial charge in [-0.05, 0) is 136 Å². The fraction of sp³-hybridized carbons (Fsp3) is 0.161. The lowest BCUT2D eigenvalue weighted by Gasteiger charge is -2.35. The quantitative estimate of drug-likeness (QED) is 0.100. The summed E-state index contributed by atoms with van der Waals surface area (Å²) in [4.78, 5) is 56.3. The molecule has 69 heavy (non-hydrogen) atoms. The van der Waals surface area contributed by atoms with Crippen LogP contribution in [-0.4, -0.2) is 37.5 Å². The highest BCUT2D eigenvalue weighted by Crippen LogP contribution is 2.57. The molecule has 7 heteroatoms. The standard InChI is InChI=1S/C62H50N2O5/c1-37-31-43(22-29-55(37)63(5)6)62(53-13-9-7-11-47(53)48-12-8-10-14-54(48)62)44-23-30-56(38(2)32-44)64-59(67)50-28-26-46(35-52(50)60(64)68)69-45-24-20-42(21-25-45)61(3,4)41-18-15-39(16-19-41)33-40-17-27-49-51(34-40)58(66)36-57(49)65/h7-32,34-35H,33,36H2,1-6H3. The molecule has 0 saturated heterocycles. The molecule has 8 aromatic rings. The number of hydrogen-bond acceptors (Lipinski definition) is 6. The van der Waals surface area contributed by atoms with Gasteiger partial charge in [0.1, 0.15) is 11.5 Å². The third-order valence-corrected chi connectivity index (χ3v) is 14.7. The number of fused-ring (bicyclic) bond motifs is 5. The summed E-state index contributed by atoms with van der Waals surface area (Å²) in [5.41, 5.74) is 15.8. The molecular formula is C62H50N2O5. The van der Waals surface area contributed by atoms with E-state index in [-0.39, 0.29) is 35.2 Å². The molecule has 0 spiro atoms. The van der Waals surface area contributed by atoms with Crippen molar-refractivity contribution in [2.24, 2.45) is 0 Å².